The van der Waals surface area contributed by atoms with Crippen LogP contribution in [0.3, 0.4) is 0 Å². The van der Waals surface area contributed by atoms with Gasteiger partial charge in [0.25, 0.3) is 5.91 Å². The van der Waals surface area contributed by atoms with Crippen LogP contribution in [0.2, 0.25) is 0 Å². The van der Waals surface area contributed by atoms with Crippen LogP contribution in [0.25, 0.3) is 10.9 Å². The van der Waals surface area contributed by atoms with E-state index in [1.165, 1.54) is 6.20 Å². The van der Waals surface area contributed by atoms with Crippen LogP contribution in [0.5, 0.6) is 0 Å². The lowest BCUT2D eigenvalue weighted by atomic mass is 10.1. The summed E-state index contributed by atoms with van der Waals surface area (Å²) >= 11 is 0. The van der Waals surface area contributed by atoms with E-state index in [0.717, 1.165) is 22.3 Å². The van der Waals surface area contributed by atoms with E-state index in [9.17, 15) is 4.79 Å². The van der Waals surface area contributed by atoms with Crippen LogP contribution in [0.4, 0.5) is 17.2 Å². The Bertz CT molecular complexity index is 1120. The number of hydrogen-bond acceptors (Lipinski definition) is 6. The number of para-hydroxylation sites is 1. The van der Waals surface area contributed by atoms with Gasteiger partial charge in [-0.15, -0.1) is 0 Å². The largest absolute Gasteiger partial charge is 0.396 e. The second kappa shape index (κ2) is 7.71. The average Bonchev–Trinajstić information content (AvgIpc) is 2.74. The zero-order chi connectivity index (χ0) is 19.3. The molecule has 1 amide bonds. The number of amides is 1. The summed E-state index contributed by atoms with van der Waals surface area (Å²) in [7, 11) is 0. The molecule has 4 N–H and O–H groups in total. The van der Waals surface area contributed by atoms with Gasteiger partial charge in [-0.1, -0.05) is 24.3 Å². The molecular weight excluding hydrogens is 352 g/mol. The number of nitrogens with two attached hydrogens (primary N) is 1. The number of aromatic nitrogens is 3. The third-order valence-corrected chi connectivity index (χ3v) is 4.32. The highest BCUT2D eigenvalue weighted by atomic mass is 16.1. The summed E-state index contributed by atoms with van der Waals surface area (Å²) in [6.07, 6.45) is 4.63. The number of fused-ring (bicyclic) bond motifs is 1. The quantitative estimate of drug-likeness (QED) is 0.497. The Morgan fingerprint density at radius 2 is 1.82 bits per heavy atom. The molecule has 0 aliphatic rings. The number of benzene rings is 2. The number of pyridine rings is 1. The van der Waals surface area contributed by atoms with Crippen LogP contribution in [0.15, 0.2) is 73.3 Å². The van der Waals surface area contributed by atoms with Crippen LogP contribution < -0.4 is 16.4 Å². The molecule has 0 fully saturated rings. The Morgan fingerprint density at radius 1 is 1.00 bits per heavy atom. The van der Waals surface area contributed by atoms with Gasteiger partial charge in [0, 0.05) is 23.7 Å². The van der Waals surface area contributed by atoms with E-state index in [1.54, 1.807) is 30.7 Å². The molecule has 0 aliphatic carbocycles. The van der Waals surface area contributed by atoms with Gasteiger partial charge in [-0.05, 0) is 35.9 Å². The van der Waals surface area contributed by atoms with Crippen molar-refractivity contribution in [3.63, 3.8) is 0 Å². The number of anilines is 3. The minimum Gasteiger partial charge on any atom is -0.396 e. The van der Waals surface area contributed by atoms with Gasteiger partial charge in [-0.3, -0.25) is 9.78 Å². The Labute approximate surface area is 161 Å². The molecule has 4 aromatic rings. The van der Waals surface area contributed by atoms with Crippen molar-refractivity contribution in [3.05, 3.63) is 84.4 Å². The first-order chi connectivity index (χ1) is 13.7. The predicted molar refractivity (Wildman–Crippen MR) is 110 cm³/mol. The summed E-state index contributed by atoms with van der Waals surface area (Å²) in [6.45, 7) is 0.584. The molecule has 0 aliphatic heterocycles. The SMILES string of the molecule is Nc1cnccc1NC(=O)c1ccc(CNc2ncnc3ccccc23)cc1. The van der Waals surface area contributed by atoms with E-state index in [-0.39, 0.29) is 5.91 Å². The number of rotatable bonds is 5. The maximum absolute atomic E-state index is 12.4. The van der Waals surface area contributed by atoms with Crippen molar-refractivity contribution in [2.75, 3.05) is 16.4 Å². The fraction of sp³-hybridized carbons (Fsp3) is 0.0476. The number of nitrogens with zero attached hydrogens (tertiary/aromatic N) is 3. The van der Waals surface area contributed by atoms with Gasteiger partial charge < -0.3 is 16.4 Å². The van der Waals surface area contributed by atoms with Crippen molar-refractivity contribution < 1.29 is 4.79 Å². The molecule has 0 saturated heterocycles. The zero-order valence-corrected chi connectivity index (χ0v) is 15.0. The van der Waals surface area contributed by atoms with Crippen molar-refractivity contribution >= 4 is 34.0 Å². The second-order valence-electron chi connectivity index (χ2n) is 6.21. The average molecular weight is 370 g/mol. The molecule has 0 atom stereocenters. The minimum atomic E-state index is -0.223. The highest BCUT2D eigenvalue weighted by Crippen LogP contribution is 2.20. The maximum Gasteiger partial charge on any atom is 0.255 e. The highest BCUT2D eigenvalue weighted by Gasteiger charge is 2.08. The molecule has 0 bridgehead atoms. The molecule has 0 radical (unpaired) electrons. The first-order valence-electron chi connectivity index (χ1n) is 8.74. The van der Waals surface area contributed by atoms with Crippen molar-refractivity contribution in [2.24, 2.45) is 0 Å². The molecule has 7 nitrogen and oxygen atoms in total. The van der Waals surface area contributed by atoms with Crippen LogP contribution in [0, 0.1) is 0 Å². The van der Waals surface area contributed by atoms with Crippen molar-refractivity contribution in [1.29, 1.82) is 0 Å². The molecule has 28 heavy (non-hydrogen) atoms. The second-order valence-corrected chi connectivity index (χ2v) is 6.21. The third-order valence-electron chi connectivity index (χ3n) is 4.32. The predicted octanol–water partition coefficient (Wildman–Crippen LogP) is 3.47. The molecule has 138 valence electrons. The molecule has 2 aromatic heterocycles. The summed E-state index contributed by atoms with van der Waals surface area (Å²) in [6, 6.07) is 16.9. The molecule has 2 heterocycles. The number of nitrogens with one attached hydrogen (secondary N) is 2. The first-order valence-corrected chi connectivity index (χ1v) is 8.74. The molecule has 2 aromatic carbocycles. The Hall–Kier alpha value is -4.00. The summed E-state index contributed by atoms with van der Waals surface area (Å²) in [5.41, 5.74) is 9.25. The Kier molecular flexibility index (Phi) is 4.79. The third kappa shape index (κ3) is 3.73. The molecule has 0 spiro atoms. The van der Waals surface area contributed by atoms with Crippen molar-refractivity contribution in [1.82, 2.24) is 15.0 Å². The highest BCUT2D eigenvalue weighted by molar-refractivity contribution is 6.05. The number of nitrogen functional groups attached to an aromatic ring is 1. The van der Waals surface area contributed by atoms with Gasteiger partial charge in [0.05, 0.1) is 23.1 Å². The summed E-state index contributed by atoms with van der Waals surface area (Å²) in [5.74, 6) is 0.555. The normalized spacial score (nSPS) is 10.6. The summed E-state index contributed by atoms with van der Waals surface area (Å²) < 4.78 is 0. The topological polar surface area (TPSA) is 106 Å². The van der Waals surface area contributed by atoms with Crippen LogP contribution >= 0.6 is 0 Å². The number of carbonyl (C=O) groups is 1. The van der Waals surface area contributed by atoms with Gasteiger partial charge in [0.2, 0.25) is 0 Å². The fourth-order valence-corrected chi connectivity index (χ4v) is 2.82. The van der Waals surface area contributed by atoms with E-state index >= 15 is 0 Å². The van der Waals surface area contributed by atoms with E-state index in [1.807, 2.05) is 36.4 Å². The molecule has 0 saturated carbocycles. The smallest absolute Gasteiger partial charge is 0.255 e. The molecule has 7 heteroatoms. The first kappa shape index (κ1) is 17.4. The fourth-order valence-electron chi connectivity index (χ4n) is 2.82. The lowest BCUT2D eigenvalue weighted by Gasteiger charge is -2.10. The van der Waals surface area contributed by atoms with E-state index in [4.69, 9.17) is 5.73 Å². The number of carbonyl (C=O) groups excluding carboxylic acids is 1. The van der Waals surface area contributed by atoms with Gasteiger partial charge in [0.15, 0.2) is 0 Å². The van der Waals surface area contributed by atoms with Gasteiger partial charge >= 0.3 is 0 Å². The minimum absolute atomic E-state index is 0.223. The maximum atomic E-state index is 12.4. The molecular formula is C21H18N6O. The molecule has 4 rings (SSSR count). The van der Waals surface area contributed by atoms with Gasteiger partial charge in [0.1, 0.15) is 12.1 Å². The monoisotopic (exact) mass is 370 g/mol. The van der Waals surface area contributed by atoms with Crippen LogP contribution in [-0.4, -0.2) is 20.9 Å². The zero-order valence-electron chi connectivity index (χ0n) is 15.0. The summed E-state index contributed by atoms with van der Waals surface area (Å²) in [4.78, 5) is 24.9. The Balaban J connectivity index is 1.43. The lowest BCUT2D eigenvalue weighted by Crippen LogP contribution is -2.13. The van der Waals surface area contributed by atoms with E-state index in [2.05, 4.69) is 25.6 Å². The van der Waals surface area contributed by atoms with Crippen molar-refractivity contribution in [3.8, 4) is 0 Å². The lowest BCUT2D eigenvalue weighted by molar-refractivity contribution is 0.102. The summed E-state index contributed by atoms with van der Waals surface area (Å²) in [5, 5.41) is 7.08. The standard InChI is InChI=1S/C21H18N6O/c22-17-12-23-10-9-19(17)27-21(28)15-7-5-14(6-8-15)11-24-20-16-3-1-2-4-18(16)25-13-26-20/h1-10,12-13H,11,22H2,(H,23,27,28)(H,24,25,26). The van der Waals surface area contributed by atoms with Gasteiger partial charge in [-0.2, -0.15) is 0 Å². The number of hydrogen-bond donors (Lipinski definition) is 3. The Morgan fingerprint density at radius 3 is 2.64 bits per heavy atom. The van der Waals surface area contributed by atoms with Crippen LogP contribution in [0.1, 0.15) is 15.9 Å². The van der Waals surface area contributed by atoms with Crippen LogP contribution in [-0.2, 0) is 6.54 Å². The van der Waals surface area contributed by atoms with E-state index < -0.39 is 0 Å². The van der Waals surface area contributed by atoms with Crippen molar-refractivity contribution in [2.45, 2.75) is 6.54 Å². The van der Waals surface area contributed by atoms with Gasteiger partial charge in [-0.25, -0.2) is 9.97 Å². The van der Waals surface area contributed by atoms with E-state index in [0.29, 0.717) is 23.5 Å². The molecule has 0 unspecified atom stereocenters.